The van der Waals surface area contributed by atoms with Gasteiger partial charge in [-0.15, -0.1) is 10.2 Å². The van der Waals surface area contributed by atoms with Gasteiger partial charge in [0, 0.05) is 17.6 Å². The van der Waals surface area contributed by atoms with Crippen molar-refractivity contribution in [3.8, 4) is 0 Å². The molecule has 2 atom stereocenters. The molecule has 0 aliphatic heterocycles. The quantitative estimate of drug-likeness (QED) is 0.757. The zero-order valence-electron chi connectivity index (χ0n) is 15.0. The van der Waals surface area contributed by atoms with Crippen LogP contribution in [-0.2, 0) is 16.2 Å². The highest BCUT2D eigenvalue weighted by Crippen LogP contribution is 2.33. The minimum atomic E-state index is -4.76. The summed E-state index contributed by atoms with van der Waals surface area (Å²) in [7, 11) is -4.23. The Labute approximate surface area is 160 Å². The van der Waals surface area contributed by atoms with Crippen LogP contribution in [0.1, 0.15) is 54.6 Å². The van der Waals surface area contributed by atoms with Gasteiger partial charge in [-0.05, 0) is 50.8 Å². The first-order valence-electron chi connectivity index (χ1n) is 8.66. The third-order valence-corrected chi connectivity index (χ3v) is 6.28. The first-order valence-corrected chi connectivity index (χ1v) is 10.1. The maximum atomic E-state index is 13.1. The minimum Gasteiger partial charge on any atom is -0.317 e. The Balaban J connectivity index is 1.86. The van der Waals surface area contributed by atoms with Crippen molar-refractivity contribution in [3.63, 3.8) is 0 Å². The number of ketones is 1. The molecule has 0 bridgehead atoms. The van der Waals surface area contributed by atoms with Gasteiger partial charge in [0.05, 0.1) is 10.5 Å². The third kappa shape index (κ3) is 4.58. The third-order valence-electron chi connectivity index (χ3n) is 4.78. The lowest BCUT2D eigenvalue weighted by atomic mass is 9.91. The van der Waals surface area contributed by atoms with Gasteiger partial charge in [-0.2, -0.15) is 13.2 Å². The highest BCUT2D eigenvalue weighted by Gasteiger charge is 2.34. The fraction of sp³-hybridized carbons (Fsp3) is 0.471. The van der Waals surface area contributed by atoms with E-state index in [0.29, 0.717) is 25.0 Å². The molecule has 0 unspecified atom stereocenters. The van der Waals surface area contributed by atoms with Crippen molar-refractivity contribution in [1.82, 2.24) is 19.5 Å². The van der Waals surface area contributed by atoms with Gasteiger partial charge in [0.2, 0.25) is 10.0 Å². The predicted octanol–water partition coefficient (Wildman–Crippen LogP) is 2.96. The number of carbonyl (C=O) groups excluding carboxylic acids is 1. The summed E-state index contributed by atoms with van der Waals surface area (Å²) in [5.74, 6) is -0.645. The molecule has 0 amide bonds. The molecule has 3 rings (SSSR count). The fourth-order valence-electron chi connectivity index (χ4n) is 3.35. The van der Waals surface area contributed by atoms with Gasteiger partial charge >= 0.3 is 6.18 Å². The lowest BCUT2D eigenvalue weighted by molar-refractivity contribution is -0.137. The van der Waals surface area contributed by atoms with E-state index in [1.807, 2.05) is 0 Å². The second kappa shape index (κ2) is 7.63. The first-order chi connectivity index (χ1) is 13.1. The van der Waals surface area contributed by atoms with Gasteiger partial charge in [-0.1, -0.05) is 0 Å². The van der Waals surface area contributed by atoms with Crippen LogP contribution in [0.5, 0.6) is 0 Å². The summed E-state index contributed by atoms with van der Waals surface area (Å²) in [4.78, 5) is 11.0. The van der Waals surface area contributed by atoms with Crippen molar-refractivity contribution in [3.05, 3.63) is 42.0 Å². The van der Waals surface area contributed by atoms with E-state index in [4.69, 9.17) is 0 Å². The number of hydrogen-bond donors (Lipinski definition) is 1. The van der Waals surface area contributed by atoms with Crippen LogP contribution in [0.25, 0.3) is 0 Å². The summed E-state index contributed by atoms with van der Waals surface area (Å²) >= 11 is 0. The lowest BCUT2D eigenvalue weighted by Gasteiger charge is -2.30. The van der Waals surface area contributed by atoms with Crippen LogP contribution in [0.3, 0.4) is 0 Å². The number of halogens is 3. The molecule has 1 fully saturated rings. The van der Waals surface area contributed by atoms with Crippen molar-refractivity contribution in [2.45, 2.75) is 55.8 Å². The number of nitrogens with zero attached hydrogens (tertiary/aromatic N) is 3. The van der Waals surface area contributed by atoms with Gasteiger partial charge in [-0.25, -0.2) is 13.1 Å². The molecule has 0 spiro atoms. The number of aromatic nitrogens is 3. The second-order valence-corrected chi connectivity index (χ2v) is 8.56. The average molecular weight is 416 g/mol. The Morgan fingerprint density at radius 1 is 1.18 bits per heavy atom. The van der Waals surface area contributed by atoms with Crippen LogP contribution in [-0.4, -0.2) is 35.0 Å². The molecule has 1 aromatic carbocycles. The summed E-state index contributed by atoms with van der Waals surface area (Å²) in [5.41, 5.74) is -1.48. The molecule has 1 N–H and O–H groups in total. The Bertz CT molecular complexity index is 959. The van der Waals surface area contributed by atoms with E-state index in [2.05, 4.69) is 14.9 Å². The van der Waals surface area contributed by atoms with E-state index in [1.165, 1.54) is 0 Å². The largest absolute Gasteiger partial charge is 0.416 e. The molecule has 1 aliphatic rings. The Morgan fingerprint density at radius 2 is 1.86 bits per heavy atom. The van der Waals surface area contributed by atoms with E-state index in [0.717, 1.165) is 25.8 Å². The molecule has 28 heavy (non-hydrogen) atoms. The Morgan fingerprint density at radius 3 is 2.46 bits per heavy atom. The highest BCUT2D eigenvalue weighted by molar-refractivity contribution is 7.89. The van der Waals surface area contributed by atoms with Crippen molar-refractivity contribution in [2.75, 3.05) is 0 Å². The van der Waals surface area contributed by atoms with Crippen molar-refractivity contribution < 1.29 is 26.4 Å². The van der Waals surface area contributed by atoms with E-state index < -0.39 is 38.5 Å². The van der Waals surface area contributed by atoms with Gasteiger partial charge in [0.25, 0.3) is 0 Å². The van der Waals surface area contributed by atoms with Crippen LogP contribution < -0.4 is 4.72 Å². The Kier molecular flexibility index (Phi) is 5.57. The van der Waals surface area contributed by atoms with E-state index in [1.54, 1.807) is 17.2 Å². The number of sulfonamides is 1. The van der Waals surface area contributed by atoms with Crippen molar-refractivity contribution in [1.29, 1.82) is 0 Å². The molecule has 2 aromatic rings. The van der Waals surface area contributed by atoms with Crippen molar-refractivity contribution in [2.24, 2.45) is 0 Å². The van der Waals surface area contributed by atoms with E-state index in [9.17, 15) is 26.4 Å². The lowest BCUT2D eigenvalue weighted by Crippen LogP contribution is -2.38. The number of Topliss-reactive ketones (excluding diaryl/α,β-unsaturated/α-hetero) is 1. The molecule has 11 heteroatoms. The number of alkyl halides is 3. The molecule has 1 aliphatic carbocycles. The zero-order valence-corrected chi connectivity index (χ0v) is 15.8. The summed E-state index contributed by atoms with van der Waals surface area (Å²) < 4.78 is 69.1. The molecule has 1 heterocycles. The summed E-state index contributed by atoms with van der Waals surface area (Å²) in [6, 6.07) is 1.74. The molecule has 0 saturated heterocycles. The molecule has 1 saturated carbocycles. The average Bonchev–Trinajstić information content (AvgIpc) is 3.15. The highest BCUT2D eigenvalue weighted by atomic mass is 32.2. The standard InChI is InChI=1S/C17H19F3N4O3S/c1-11(25)12-5-13(17(18,19)20)7-16(6-12)28(26,27)23-14-3-2-4-15(8-14)24-9-21-22-10-24/h5-7,9-10,14-15,23H,2-4,8H2,1H3/t14-,15+/m0/s1. The van der Waals surface area contributed by atoms with Crippen LogP contribution in [0.4, 0.5) is 13.2 Å². The number of nitrogens with one attached hydrogen (secondary N) is 1. The second-order valence-electron chi connectivity index (χ2n) is 6.85. The molecule has 7 nitrogen and oxygen atoms in total. The van der Waals surface area contributed by atoms with E-state index in [-0.39, 0.29) is 11.6 Å². The normalized spacial score (nSPS) is 20.9. The van der Waals surface area contributed by atoms with Crippen LogP contribution in [0.15, 0.2) is 35.7 Å². The van der Waals surface area contributed by atoms with Crippen LogP contribution in [0.2, 0.25) is 0 Å². The number of carbonyl (C=O) groups is 1. The van der Waals surface area contributed by atoms with Gasteiger partial charge in [-0.3, -0.25) is 4.79 Å². The van der Waals surface area contributed by atoms with E-state index >= 15 is 0 Å². The fourth-order valence-corrected chi connectivity index (χ4v) is 4.70. The van der Waals surface area contributed by atoms with Crippen LogP contribution >= 0.6 is 0 Å². The molecular weight excluding hydrogens is 397 g/mol. The topological polar surface area (TPSA) is 94.0 Å². The zero-order chi connectivity index (χ0) is 20.5. The molecule has 0 radical (unpaired) electrons. The summed E-state index contributed by atoms with van der Waals surface area (Å²) in [6.07, 6.45) is 0.943. The summed E-state index contributed by atoms with van der Waals surface area (Å²) in [6.45, 7) is 1.09. The maximum absolute atomic E-state index is 13.1. The first kappa shape index (κ1) is 20.5. The Hall–Kier alpha value is -2.27. The van der Waals surface area contributed by atoms with Crippen LogP contribution in [0, 0.1) is 0 Å². The van der Waals surface area contributed by atoms with Gasteiger partial charge in [0.15, 0.2) is 5.78 Å². The molecule has 1 aromatic heterocycles. The molecule has 152 valence electrons. The van der Waals surface area contributed by atoms with Crippen molar-refractivity contribution >= 4 is 15.8 Å². The predicted molar refractivity (Wildman–Crippen MR) is 93.1 cm³/mol. The smallest absolute Gasteiger partial charge is 0.317 e. The maximum Gasteiger partial charge on any atom is 0.416 e. The number of rotatable bonds is 5. The monoisotopic (exact) mass is 416 g/mol. The summed E-state index contributed by atoms with van der Waals surface area (Å²) in [5, 5.41) is 7.48. The minimum absolute atomic E-state index is 0.00531. The SMILES string of the molecule is CC(=O)c1cc(C(F)(F)F)cc(S(=O)(=O)N[C@H]2CCC[C@@H](n3cnnc3)C2)c1. The van der Waals surface area contributed by atoms with Gasteiger partial charge < -0.3 is 4.57 Å². The number of hydrogen-bond acceptors (Lipinski definition) is 5. The number of benzene rings is 1. The molecular formula is C17H19F3N4O3S. The van der Waals surface area contributed by atoms with Gasteiger partial charge in [0.1, 0.15) is 12.7 Å².